The third-order valence-corrected chi connectivity index (χ3v) is 2.67. The molecular formula is C12H17NO4. The first-order valence-corrected chi connectivity index (χ1v) is 5.57. The van der Waals surface area contributed by atoms with Crippen LogP contribution in [-0.4, -0.2) is 36.1 Å². The lowest BCUT2D eigenvalue weighted by atomic mass is 10.0. The van der Waals surface area contributed by atoms with E-state index >= 15 is 0 Å². The number of aromatic amines is 1. The van der Waals surface area contributed by atoms with Crippen molar-refractivity contribution >= 4 is 12.3 Å². The van der Waals surface area contributed by atoms with Gasteiger partial charge in [0.25, 0.3) is 0 Å². The normalized spacial score (nSPS) is 10.3. The van der Waals surface area contributed by atoms with Gasteiger partial charge in [0, 0.05) is 12.3 Å². The minimum Gasteiger partial charge on any atom is -0.465 e. The molecule has 0 aliphatic heterocycles. The van der Waals surface area contributed by atoms with Gasteiger partial charge in [-0.05, 0) is 24.8 Å². The zero-order chi connectivity index (χ0) is 12.8. The number of aromatic nitrogens is 1. The lowest BCUT2D eigenvalue weighted by Gasteiger charge is -2.03. The largest absolute Gasteiger partial charge is 0.465 e. The summed E-state index contributed by atoms with van der Waals surface area (Å²) in [5.74, 6) is -0.504. The van der Waals surface area contributed by atoms with Crippen molar-refractivity contribution in [1.82, 2.24) is 4.98 Å². The highest BCUT2D eigenvalue weighted by Crippen LogP contribution is 2.21. The molecule has 0 saturated carbocycles. The van der Waals surface area contributed by atoms with Crippen LogP contribution in [0.15, 0.2) is 0 Å². The molecule has 0 aliphatic carbocycles. The van der Waals surface area contributed by atoms with E-state index in [-0.39, 0.29) is 12.3 Å². The summed E-state index contributed by atoms with van der Waals surface area (Å²) in [5.41, 5.74) is 2.19. The Hall–Kier alpha value is -1.62. The lowest BCUT2D eigenvalue weighted by Crippen LogP contribution is -2.06. The summed E-state index contributed by atoms with van der Waals surface area (Å²) in [6.07, 6.45) is 2.45. The Morgan fingerprint density at radius 3 is 2.71 bits per heavy atom. The van der Waals surface area contributed by atoms with Crippen molar-refractivity contribution in [2.45, 2.75) is 26.2 Å². The topological polar surface area (TPSA) is 79.4 Å². The van der Waals surface area contributed by atoms with Gasteiger partial charge in [0.05, 0.1) is 18.4 Å². The maximum atomic E-state index is 11.6. The van der Waals surface area contributed by atoms with E-state index in [1.165, 1.54) is 7.11 Å². The van der Waals surface area contributed by atoms with Gasteiger partial charge >= 0.3 is 5.97 Å². The number of ether oxygens (including phenoxy) is 1. The summed E-state index contributed by atoms with van der Waals surface area (Å²) in [7, 11) is 1.29. The predicted molar refractivity (Wildman–Crippen MR) is 62.3 cm³/mol. The van der Waals surface area contributed by atoms with Crippen LogP contribution in [0.1, 0.15) is 45.4 Å². The van der Waals surface area contributed by atoms with Gasteiger partial charge in [0.2, 0.25) is 0 Å². The molecular weight excluding hydrogens is 222 g/mol. The van der Waals surface area contributed by atoms with E-state index in [1.807, 2.05) is 6.92 Å². The van der Waals surface area contributed by atoms with Crippen LogP contribution in [0.2, 0.25) is 0 Å². The van der Waals surface area contributed by atoms with Crippen molar-refractivity contribution < 1.29 is 19.4 Å². The summed E-state index contributed by atoms with van der Waals surface area (Å²) in [5, 5.41) is 8.80. The van der Waals surface area contributed by atoms with E-state index in [0.717, 1.165) is 11.3 Å². The molecule has 0 radical (unpaired) electrons. The van der Waals surface area contributed by atoms with Gasteiger partial charge < -0.3 is 14.8 Å². The van der Waals surface area contributed by atoms with Crippen LogP contribution in [0.3, 0.4) is 0 Å². The fraction of sp³-hybridized carbons (Fsp3) is 0.500. The van der Waals surface area contributed by atoms with Crippen molar-refractivity contribution in [2.75, 3.05) is 13.7 Å². The Morgan fingerprint density at radius 2 is 2.24 bits per heavy atom. The summed E-state index contributed by atoms with van der Waals surface area (Å²) in [6.45, 7) is 1.98. The Morgan fingerprint density at radius 1 is 1.53 bits per heavy atom. The molecule has 0 saturated heterocycles. The summed E-state index contributed by atoms with van der Waals surface area (Å²) in [6, 6.07) is 0. The highest BCUT2D eigenvalue weighted by atomic mass is 16.5. The van der Waals surface area contributed by atoms with Crippen molar-refractivity contribution in [3.63, 3.8) is 0 Å². The Kier molecular flexibility index (Phi) is 4.90. The van der Waals surface area contributed by atoms with Gasteiger partial charge in [-0.15, -0.1) is 0 Å². The molecule has 17 heavy (non-hydrogen) atoms. The quantitative estimate of drug-likeness (QED) is 0.575. The second kappa shape index (κ2) is 6.20. The second-order valence-electron chi connectivity index (χ2n) is 3.66. The molecule has 5 nitrogen and oxygen atoms in total. The van der Waals surface area contributed by atoms with E-state index in [9.17, 15) is 9.59 Å². The molecule has 1 heterocycles. The molecule has 0 spiro atoms. The third kappa shape index (κ3) is 2.74. The van der Waals surface area contributed by atoms with Crippen molar-refractivity contribution in [1.29, 1.82) is 0 Å². The lowest BCUT2D eigenvalue weighted by molar-refractivity contribution is 0.0597. The van der Waals surface area contributed by atoms with Crippen molar-refractivity contribution in [2.24, 2.45) is 0 Å². The molecule has 0 aromatic carbocycles. The number of nitrogens with one attached hydrogen (secondary N) is 1. The minimum absolute atomic E-state index is 0.0756. The number of rotatable bonds is 6. The predicted octanol–water partition coefficient (Wildman–Crippen LogP) is 1.10. The molecule has 0 amide bonds. The van der Waals surface area contributed by atoms with Gasteiger partial charge in [-0.25, -0.2) is 4.79 Å². The molecule has 0 fully saturated rings. The first kappa shape index (κ1) is 13.4. The molecule has 2 N–H and O–H groups in total. The number of aldehydes is 1. The molecule has 0 aliphatic rings. The van der Waals surface area contributed by atoms with Gasteiger partial charge in [-0.3, -0.25) is 4.79 Å². The number of hydrogen-bond acceptors (Lipinski definition) is 4. The average Bonchev–Trinajstić information content (AvgIpc) is 2.72. The van der Waals surface area contributed by atoms with Gasteiger partial charge in [-0.1, -0.05) is 6.92 Å². The second-order valence-corrected chi connectivity index (χ2v) is 3.66. The molecule has 94 valence electrons. The Bertz CT molecular complexity index is 409. The highest BCUT2D eigenvalue weighted by molar-refractivity contribution is 5.99. The van der Waals surface area contributed by atoms with E-state index in [2.05, 4.69) is 9.72 Å². The number of aliphatic hydroxyl groups is 1. The fourth-order valence-corrected chi connectivity index (χ4v) is 1.90. The van der Waals surface area contributed by atoms with Gasteiger partial charge in [0.1, 0.15) is 0 Å². The number of aryl methyl sites for hydroxylation is 1. The van der Waals surface area contributed by atoms with Crippen molar-refractivity contribution in [3.05, 3.63) is 22.5 Å². The smallest absolute Gasteiger partial charge is 0.340 e. The number of methoxy groups -OCH3 is 1. The van der Waals surface area contributed by atoms with Crippen molar-refractivity contribution in [3.8, 4) is 0 Å². The van der Waals surface area contributed by atoms with Crippen LogP contribution in [0, 0.1) is 0 Å². The first-order chi connectivity index (χ1) is 8.19. The van der Waals surface area contributed by atoms with E-state index in [0.29, 0.717) is 31.1 Å². The molecule has 0 unspecified atom stereocenters. The summed E-state index contributed by atoms with van der Waals surface area (Å²) in [4.78, 5) is 25.4. The number of esters is 1. The van der Waals surface area contributed by atoms with E-state index in [1.54, 1.807) is 0 Å². The zero-order valence-electron chi connectivity index (χ0n) is 10.1. The van der Waals surface area contributed by atoms with E-state index in [4.69, 9.17) is 5.11 Å². The van der Waals surface area contributed by atoms with Crippen LogP contribution in [0.4, 0.5) is 0 Å². The summed E-state index contributed by atoms with van der Waals surface area (Å²) >= 11 is 0. The van der Waals surface area contributed by atoms with E-state index < -0.39 is 5.97 Å². The highest BCUT2D eigenvalue weighted by Gasteiger charge is 2.21. The van der Waals surface area contributed by atoms with Crippen LogP contribution in [0.5, 0.6) is 0 Å². The van der Waals surface area contributed by atoms with Gasteiger partial charge in [0.15, 0.2) is 6.29 Å². The number of carbonyl (C=O) groups is 2. The fourth-order valence-electron chi connectivity index (χ4n) is 1.90. The molecule has 1 rings (SSSR count). The SMILES string of the molecule is CCc1c(CCCO)[nH]c(C=O)c1C(=O)OC. The summed E-state index contributed by atoms with van der Waals surface area (Å²) < 4.78 is 4.67. The molecule has 5 heteroatoms. The monoisotopic (exact) mass is 239 g/mol. The first-order valence-electron chi connectivity index (χ1n) is 5.57. The number of carbonyl (C=O) groups excluding carboxylic acids is 2. The maximum absolute atomic E-state index is 11.6. The number of aliphatic hydroxyl groups excluding tert-OH is 1. The molecule has 0 atom stereocenters. The number of H-pyrrole nitrogens is 1. The average molecular weight is 239 g/mol. The Labute approximate surface area is 99.8 Å². The Balaban J connectivity index is 3.20. The van der Waals surface area contributed by atoms with Gasteiger partial charge in [-0.2, -0.15) is 0 Å². The van der Waals surface area contributed by atoms with Crippen LogP contribution in [0.25, 0.3) is 0 Å². The maximum Gasteiger partial charge on any atom is 0.340 e. The third-order valence-electron chi connectivity index (χ3n) is 2.67. The standard InChI is InChI=1S/C12H17NO4/c1-3-8-9(5-4-6-14)13-10(7-15)11(8)12(16)17-2/h7,13-14H,3-6H2,1-2H3. The molecule has 0 bridgehead atoms. The zero-order valence-corrected chi connectivity index (χ0v) is 10.1. The molecule has 1 aromatic rings. The van der Waals surface area contributed by atoms with Crippen LogP contribution >= 0.6 is 0 Å². The number of hydrogen-bond donors (Lipinski definition) is 2. The molecule has 1 aromatic heterocycles. The minimum atomic E-state index is -0.504. The van der Waals surface area contributed by atoms with Crippen LogP contribution < -0.4 is 0 Å². The van der Waals surface area contributed by atoms with Crippen LogP contribution in [-0.2, 0) is 17.6 Å².